The summed E-state index contributed by atoms with van der Waals surface area (Å²) in [5.74, 6) is -0.370. The van der Waals surface area contributed by atoms with Crippen LogP contribution in [0, 0.1) is 0 Å². The SMILES string of the molecule is Nc1c(Cl)cc(NC(=O)[C@H]2CCCN2C(=O)c2cccs2)cc1Cl. The molecule has 3 N–H and O–H groups in total. The number of amides is 2. The third-order valence-corrected chi connectivity index (χ3v) is 5.38. The normalized spacial score (nSPS) is 17.1. The Morgan fingerprint density at radius 1 is 1.29 bits per heavy atom. The zero-order chi connectivity index (χ0) is 17.3. The highest BCUT2D eigenvalue weighted by Crippen LogP contribution is 2.31. The first kappa shape index (κ1) is 17.1. The van der Waals surface area contributed by atoms with Crippen molar-refractivity contribution in [2.24, 2.45) is 0 Å². The van der Waals surface area contributed by atoms with Crippen LogP contribution < -0.4 is 11.1 Å². The van der Waals surface area contributed by atoms with Gasteiger partial charge >= 0.3 is 0 Å². The van der Waals surface area contributed by atoms with Gasteiger partial charge in [0, 0.05) is 12.2 Å². The van der Waals surface area contributed by atoms with E-state index >= 15 is 0 Å². The van der Waals surface area contributed by atoms with Gasteiger partial charge in [-0.2, -0.15) is 0 Å². The van der Waals surface area contributed by atoms with Gasteiger partial charge in [-0.15, -0.1) is 11.3 Å². The fourth-order valence-corrected chi connectivity index (χ4v) is 3.87. The molecule has 0 spiro atoms. The molecule has 0 aliphatic carbocycles. The minimum absolute atomic E-state index is 0.115. The lowest BCUT2D eigenvalue weighted by atomic mass is 10.2. The molecule has 1 aromatic heterocycles. The number of nitrogens with two attached hydrogens (primary N) is 1. The van der Waals surface area contributed by atoms with Gasteiger partial charge in [0.25, 0.3) is 5.91 Å². The number of carbonyl (C=O) groups excluding carboxylic acids is 2. The molecule has 0 bridgehead atoms. The first-order chi connectivity index (χ1) is 11.5. The van der Waals surface area contributed by atoms with Crippen molar-refractivity contribution >= 4 is 57.7 Å². The van der Waals surface area contributed by atoms with Gasteiger partial charge in [0.1, 0.15) is 6.04 Å². The average molecular weight is 384 g/mol. The molecule has 3 rings (SSSR count). The lowest BCUT2D eigenvalue weighted by molar-refractivity contribution is -0.119. The predicted molar refractivity (Wildman–Crippen MR) is 97.9 cm³/mol. The number of hydrogen-bond donors (Lipinski definition) is 2. The molecule has 2 aromatic rings. The topological polar surface area (TPSA) is 75.4 Å². The van der Waals surface area contributed by atoms with Crippen molar-refractivity contribution in [2.45, 2.75) is 18.9 Å². The Kier molecular flexibility index (Phi) is 4.99. The van der Waals surface area contributed by atoms with Crippen LogP contribution in [-0.4, -0.2) is 29.3 Å². The monoisotopic (exact) mass is 383 g/mol. The Morgan fingerprint density at radius 2 is 2.00 bits per heavy atom. The van der Waals surface area contributed by atoms with Gasteiger partial charge in [0.2, 0.25) is 5.91 Å². The van der Waals surface area contributed by atoms with E-state index in [1.807, 2.05) is 11.4 Å². The number of benzene rings is 1. The Hall–Kier alpha value is -1.76. The minimum atomic E-state index is -0.505. The largest absolute Gasteiger partial charge is 0.396 e. The van der Waals surface area contributed by atoms with Crippen LogP contribution in [0.15, 0.2) is 29.6 Å². The van der Waals surface area contributed by atoms with E-state index in [1.54, 1.807) is 23.1 Å². The number of nitrogen functional groups attached to an aromatic ring is 1. The van der Waals surface area contributed by atoms with Crippen molar-refractivity contribution in [3.8, 4) is 0 Å². The number of nitrogens with zero attached hydrogens (tertiary/aromatic N) is 1. The van der Waals surface area contributed by atoms with Crippen molar-refractivity contribution in [3.63, 3.8) is 0 Å². The van der Waals surface area contributed by atoms with Crippen LogP contribution in [0.2, 0.25) is 10.0 Å². The lowest BCUT2D eigenvalue weighted by Gasteiger charge is -2.23. The number of halogens is 2. The van der Waals surface area contributed by atoms with Gasteiger partial charge in [0.05, 0.1) is 20.6 Å². The van der Waals surface area contributed by atoms with Crippen molar-refractivity contribution in [2.75, 3.05) is 17.6 Å². The van der Waals surface area contributed by atoms with Crippen molar-refractivity contribution in [1.82, 2.24) is 4.90 Å². The van der Waals surface area contributed by atoms with Gasteiger partial charge in [-0.25, -0.2) is 0 Å². The van der Waals surface area contributed by atoms with Crippen LogP contribution in [0.3, 0.4) is 0 Å². The summed E-state index contributed by atoms with van der Waals surface area (Å²) in [5, 5.41) is 5.16. The number of anilines is 2. The molecule has 1 saturated heterocycles. The van der Waals surface area contributed by atoms with Crippen LogP contribution in [-0.2, 0) is 4.79 Å². The Labute approximate surface area is 153 Å². The maximum absolute atomic E-state index is 12.6. The molecule has 0 saturated carbocycles. The molecular weight excluding hydrogens is 369 g/mol. The van der Waals surface area contributed by atoms with Crippen molar-refractivity contribution in [1.29, 1.82) is 0 Å². The number of hydrogen-bond acceptors (Lipinski definition) is 4. The molecule has 1 aliphatic heterocycles. The van der Waals surface area contributed by atoms with Gasteiger partial charge in [0.15, 0.2) is 0 Å². The molecule has 8 heteroatoms. The number of carbonyl (C=O) groups is 2. The summed E-state index contributed by atoms with van der Waals surface area (Å²) in [7, 11) is 0. The molecule has 1 aliphatic rings. The molecule has 2 amide bonds. The number of thiophene rings is 1. The van der Waals surface area contributed by atoms with Crippen LogP contribution in [0.25, 0.3) is 0 Å². The van der Waals surface area contributed by atoms with Crippen LogP contribution in [0.4, 0.5) is 11.4 Å². The average Bonchev–Trinajstić information content (AvgIpc) is 3.22. The van der Waals surface area contributed by atoms with Crippen LogP contribution >= 0.6 is 34.5 Å². The first-order valence-corrected chi connectivity index (χ1v) is 9.01. The maximum Gasteiger partial charge on any atom is 0.264 e. The first-order valence-electron chi connectivity index (χ1n) is 7.37. The van der Waals surface area contributed by atoms with E-state index < -0.39 is 6.04 Å². The summed E-state index contributed by atoms with van der Waals surface area (Å²) in [6, 6.07) is 6.17. The highest BCUT2D eigenvalue weighted by Gasteiger charge is 2.35. The Bertz CT molecular complexity index is 757. The van der Waals surface area contributed by atoms with Crippen LogP contribution in [0.5, 0.6) is 0 Å². The quantitative estimate of drug-likeness (QED) is 0.789. The van der Waals surface area contributed by atoms with E-state index in [1.165, 1.54) is 11.3 Å². The number of rotatable bonds is 3. The molecule has 5 nitrogen and oxygen atoms in total. The summed E-state index contributed by atoms with van der Waals surface area (Å²) in [6.45, 7) is 0.568. The number of nitrogens with one attached hydrogen (secondary N) is 1. The second kappa shape index (κ2) is 7.01. The standard InChI is InChI=1S/C16H15Cl2N3O2S/c17-10-7-9(8-11(18)14(10)19)20-15(22)12-3-1-5-21(12)16(23)13-4-2-6-24-13/h2,4,6-8,12H,1,3,5,19H2,(H,20,22)/t12-/m1/s1. The Balaban J connectivity index is 1.75. The molecule has 1 atom stereocenters. The van der Waals surface area contributed by atoms with Crippen molar-refractivity contribution in [3.05, 3.63) is 44.6 Å². The second-order valence-corrected chi connectivity index (χ2v) is 7.24. The zero-order valence-electron chi connectivity index (χ0n) is 12.6. The fourth-order valence-electron chi connectivity index (χ4n) is 2.71. The third kappa shape index (κ3) is 3.36. The highest BCUT2D eigenvalue weighted by molar-refractivity contribution is 7.12. The van der Waals surface area contributed by atoms with Gasteiger partial charge in [-0.05, 0) is 36.4 Å². The summed E-state index contributed by atoms with van der Waals surface area (Å²) in [5.41, 5.74) is 6.42. The molecule has 0 unspecified atom stereocenters. The summed E-state index contributed by atoms with van der Waals surface area (Å²) in [6.07, 6.45) is 1.41. The molecule has 2 heterocycles. The molecule has 24 heavy (non-hydrogen) atoms. The fraction of sp³-hybridized carbons (Fsp3) is 0.250. The number of likely N-dealkylation sites (tertiary alicyclic amines) is 1. The predicted octanol–water partition coefficient (Wildman–Crippen LogP) is 3.88. The molecule has 1 aromatic carbocycles. The Morgan fingerprint density at radius 3 is 2.62 bits per heavy atom. The van der Waals surface area contributed by atoms with E-state index in [0.717, 1.165) is 6.42 Å². The minimum Gasteiger partial charge on any atom is -0.396 e. The van der Waals surface area contributed by atoms with E-state index in [9.17, 15) is 9.59 Å². The van der Waals surface area contributed by atoms with Gasteiger partial charge in [-0.1, -0.05) is 29.3 Å². The van der Waals surface area contributed by atoms with Crippen molar-refractivity contribution < 1.29 is 9.59 Å². The summed E-state index contributed by atoms with van der Waals surface area (Å²) < 4.78 is 0. The molecule has 1 fully saturated rings. The lowest BCUT2D eigenvalue weighted by Crippen LogP contribution is -2.42. The van der Waals surface area contributed by atoms with E-state index in [0.29, 0.717) is 23.5 Å². The van der Waals surface area contributed by atoms with Crippen LogP contribution in [0.1, 0.15) is 22.5 Å². The van der Waals surface area contributed by atoms with Gasteiger partial charge < -0.3 is 16.0 Å². The smallest absolute Gasteiger partial charge is 0.264 e. The van der Waals surface area contributed by atoms with E-state index in [4.69, 9.17) is 28.9 Å². The summed E-state index contributed by atoms with van der Waals surface area (Å²) in [4.78, 5) is 27.4. The van der Waals surface area contributed by atoms with E-state index in [-0.39, 0.29) is 27.5 Å². The third-order valence-electron chi connectivity index (χ3n) is 3.89. The second-order valence-electron chi connectivity index (χ2n) is 5.48. The molecular formula is C16H15Cl2N3O2S. The summed E-state index contributed by atoms with van der Waals surface area (Å²) >= 11 is 13.3. The molecule has 126 valence electrons. The highest BCUT2D eigenvalue weighted by atomic mass is 35.5. The zero-order valence-corrected chi connectivity index (χ0v) is 14.9. The van der Waals surface area contributed by atoms with Gasteiger partial charge in [-0.3, -0.25) is 9.59 Å². The van der Waals surface area contributed by atoms with E-state index in [2.05, 4.69) is 5.32 Å². The maximum atomic E-state index is 12.6. The molecule has 0 radical (unpaired) electrons.